The van der Waals surface area contributed by atoms with Gasteiger partial charge in [0.25, 0.3) is 5.91 Å². The Bertz CT molecular complexity index is 1180. The van der Waals surface area contributed by atoms with Gasteiger partial charge in [-0.2, -0.15) is 0 Å². The predicted octanol–water partition coefficient (Wildman–Crippen LogP) is 11.1. The lowest BCUT2D eigenvalue weighted by molar-refractivity contribution is 0.0952. The van der Waals surface area contributed by atoms with E-state index in [-0.39, 0.29) is 5.91 Å². The number of fused-ring (bicyclic) bond motifs is 1. The predicted molar refractivity (Wildman–Crippen MR) is 185 cm³/mol. The van der Waals surface area contributed by atoms with Crippen LogP contribution in [0.3, 0.4) is 0 Å². The Hall–Kier alpha value is -2.62. The number of carbonyl (C=O) groups is 1. The maximum atomic E-state index is 12.5. The van der Waals surface area contributed by atoms with Crippen molar-refractivity contribution in [1.82, 2.24) is 14.9 Å². The van der Waals surface area contributed by atoms with Gasteiger partial charge in [0.15, 0.2) is 0 Å². The Kier molecular flexibility index (Phi) is 17.1. The van der Waals surface area contributed by atoms with Crippen LogP contribution in [-0.2, 0) is 13.0 Å². The number of benzene rings is 2. The Balaban J connectivity index is 1.26. The van der Waals surface area contributed by atoms with E-state index >= 15 is 0 Å². The zero-order valence-corrected chi connectivity index (χ0v) is 27.9. The highest BCUT2D eigenvalue weighted by molar-refractivity contribution is 5.95. The quantitative estimate of drug-likeness (QED) is 0.106. The lowest BCUT2D eigenvalue weighted by atomic mass is 10.0. The molecular formula is C39H61N3O. The minimum atomic E-state index is 0.0399. The standard InChI is InChI=1S/C39H61N3O/c1-4-5-6-7-8-9-10-11-12-13-14-15-16-17-18-24-31-42-37-26-22-21-25-36(37)41-38(42)27-20-19-23-30-40-39(43)35-29-28-33(2)32-34(35)3/h21-22,25-26,28-29,32H,4-20,23-24,27,30-31H2,1-3H3,(H,40,43). The summed E-state index contributed by atoms with van der Waals surface area (Å²) in [6.45, 7) is 8.16. The molecule has 2 aromatic carbocycles. The number of carbonyl (C=O) groups excluding carboxylic acids is 1. The maximum absolute atomic E-state index is 12.5. The van der Waals surface area contributed by atoms with Crippen molar-refractivity contribution >= 4 is 16.9 Å². The summed E-state index contributed by atoms with van der Waals surface area (Å²) in [4.78, 5) is 17.5. The van der Waals surface area contributed by atoms with Crippen molar-refractivity contribution in [2.75, 3.05) is 6.54 Å². The van der Waals surface area contributed by atoms with Crippen LogP contribution >= 0.6 is 0 Å². The molecule has 0 saturated carbocycles. The molecule has 43 heavy (non-hydrogen) atoms. The number of nitrogens with one attached hydrogen (secondary N) is 1. The fourth-order valence-corrected chi connectivity index (χ4v) is 6.33. The molecule has 0 radical (unpaired) electrons. The topological polar surface area (TPSA) is 46.9 Å². The summed E-state index contributed by atoms with van der Waals surface area (Å²) < 4.78 is 2.47. The number of amides is 1. The van der Waals surface area contributed by atoms with Crippen LogP contribution in [0.5, 0.6) is 0 Å². The number of aryl methyl sites for hydroxylation is 4. The van der Waals surface area contributed by atoms with E-state index in [4.69, 9.17) is 4.98 Å². The van der Waals surface area contributed by atoms with Crippen LogP contribution in [0.4, 0.5) is 0 Å². The van der Waals surface area contributed by atoms with Crippen molar-refractivity contribution < 1.29 is 4.79 Å². The summed E-state index contributed by atoms with van der Waals surface area (Å²) in [6.07, 6.45) is 26.6. The highest BCUT2D eigenvalue weighted by atomic mass is 16.1. The third-order valence-corrected chi connectivity index (χ3v) is 8.96. The number of aromatic nitrogens is 2. The summed E-state index contributed by atoms with van der Waals surface area (Å²) in [5, 5.41) is 3.10. The molecule has 0 spiro atoms. The van der Waals surface area contributed by atoms with Gasteiger partial charge in [0, 0.05) is 25.1 Å². The lowest BCUT2D eigenvalue weighted by Crippen LogP contribution is -2.25. The average Bonchev–Trinajstić information content (AvgIpc) is 3.35. The minimum absolute atomic E-state index is 0.0399. The number of para-hydroxylation sites is 2. The van der Waals surface area contributed by atoms with E-state index < -0.39 is 0 Å². The van der Waals surface area contributed by atoms with Crippen LogP contribution in [0.1, 0.15) is 156 Å². The molecule has 0 unspecified atom stereocenters. The van der Waals surface area contributed by atoms with Gasteiger partial charge < -0.3 is 9.88 Å². The first-order valence-corrected chi connectivity index (χ1v) is 17.9. The van der Waals surface area contributed by atoms with Crippen molar-refractivity contribution in [2.24, 2.45) is 0 Å². The fraction of sp³-hybridized carbons (Fsp3) is 0.641. The van der Waals surface area contributed by atoms with Gasteiger partial charge in [0.1, 0.15) is 5.82 Å². The third kappa shape index (κ3) is 13.3. The molecule has 0 aliphatic heterocycles. The van der Waals surface area contributed by atoms with E-state index in [0.29, 0.717) is 0 Å². The Labute approximate surface area is 263 Å². The largest absolute Gasteiger partial charge is 0.352 e. The zero-order valence-electron chi connectivity index (χ0n) is 27.9. The van der Waals surface area contributed by atoms with Crippen molar-refractivity contribution in [2.45, 2.75) is 156 Å². The summed E-state index contributed by atoms with van der Waals surface area (Å²) in [5.74, 6) is 1.26. The number of rotatable bonds is 24. The van der Waals surface area contributed by atoms with Gasteiger partial charge in [-0.3, -0.25) is 4.79 Å². The summed E-state index contributed by atoms with van der Waals surface area (Å²) in [6, 6.07) is 14.6. The number of imidazole rings is 1. The molecule has 3 rings (SSSR count). The van der Waals surface area contributed by atoms with E-state index in [0.717, 1.165) is 55.4 Å². The van der Waals surface area contributed by atoms with Gasteiger partial charge in [0.2, 0.25) is 0 Å². The fourth-order valence-electron chi connectivity index (χ4n) is 6.33. The molecule has 238 valence electrons. The molecule has 0 aliphatic carbocycles. The van der Waals surface area contributed by atoms with Gasteiger partial charge >= 0.3 is 0 Å². The molecule has 0 bridgehead atoms. The third-order valence-electron chi connectivity index (χ3n) is 8.96. The molecular weight excluding hydrogens is 526 g/mol. The molecule has 4 nitrogen and oxygen atoms in total. The molecule has 1 aromatic heterocycles. The molecule has 1 N–H and O–H groups in total. The second kappa shape index (κ2) is 21.1. The maximum Gasteiger partial charge on any atom is 0.251 e. The molecule has 1 amide bonds. The molecule has 0 saturated heterocycles. The van der Waals surface area contributed by atoms with E-state index in [1.165, 1.54) is 120 Å². The van der Waals surface area contributed by atoms with Gasteiger partial charge in [-0.05, 0) is 56.9 Å². The first kappa shape index (κ1) is 34.9. The second-order valence-corrected chi connectivity index (χ2v) is 12.9. The first-order chi connectivity index (χ1) is 21.1. The monoisotopic (exact) mass is 587 g/mol. The Morgan fingerprint density at radius 1 is 0.698 bits per heavy atom. The SMILES string of the molecule is CCCCCCCCCCCCCCCCCCn1c(CCCCCNC(=O)c2ccc(C)cc2C)nc2ccccc21. The molecule has 3 aromatic rings. The van der Waals surface area contributed by atoms with E-state index in [1.54, 1.807) is 0 Å². The van der Waals surface area contributed by atoms with Crippen LogP contribution in [0, 0.1) is 13.8 Å². The number of hydrogen-bond acceptors (Lipinski definition) is 2. The Morgan fingerprint density at radius 2 is 1.28 bits per heavy atom. The van der Waals surface area contributed by atoms with Gasteiger partial charge in [0.05, 0.1) is 11.0 Å². The van der Waals surface area contributed by atoms with Gasteiger partial charge in [-0.25, -0.2) is 4.98 Å². The number of nitrogens with zero attached hydrogens (tertiary/aromatic N) is 2. The smallest absolute Gasteiger partial charge is 0.251 e. The van der Waals surface area contributed by atoms with E-state index in [2.05, 4.69) is 54.1 Å². The van der Waals surface area contributed by atoms with Crippen LogP contribution in [0.15, 0.2) is 42.5 Å². The second-order valence-electron chi connectivity index (χ2n) is 12.9. The van der Waals surface area contributed by atoms with Crippen LogP contribution in [-0.4, -0.2) is 22.0 Å². The van der Waals surface area contributed by atoms with Crippen molar-refractivity contribution in [3.63, 3.8) is 0 Å². The molecule has 0 aliphatic rings. The number of unbranched alkanes of at least 4 members (excludes halogenated alkanes) is 17. The van der Waals surface area contributed by atoms with Crippen LogP contribution < -0.4 is 5.32 Å². The molecule has 0 atom stereocenters. The van der Waals surface area contributed by atoms with Crippen molar-refractivity contribution in [3.8, 4) is 0 Å². The normalized spacial score (nSPS) is 11.4. The zero-order chi connectivity index (χ0) is 30.5. The highest BCUT2D eigenvalue weighted by Crippen LogP contribution is 2.20. The lowest BCUT2D eigenvalue weighted by Gasteiger charge is -2.10. The van der Waals surface area contributed by atoms with Crippen LogP contribution in [0.25, 0.3) is 11.0 Å². The molecule has 0 fully saturated rings. The van der Waals surface area contributed by atoms with E-state index in [9.17, 15) is 4.79 Å². The van der Waals surface area contributed by atoms with Crippen LogP contribution in [0.2, 0.25) is 0 Å². The van der Waals surface area contributed by atoms with E-state index in [1.807, 2.05) is 19.1 Å². The summed E-state index contributed by atoms with van der Waals surface area (Å²) in [7, 11) is 0. The summed E-state index contributed by atoms with van der Waals surface area (Å²) >= 11 is 0. The Morgan fingerprint density at radius 3 is 1.91 bits per heavy atom. The van der Waals surface area contributed by atoms with Gasteiger partial charge in [-0.1, -0.05) is 139 Å². The average molecular weight is 588 g/mol. The first-order valence-electron chi connectivity index (χ1n) is 17.9. The van der Waals surface area contributed by atoms with Gasteiger partial charge in [-0.15, -0.1) is 0 Å². The van der Waals surface area contributed by atoms with Crippen molar-refractivity contribution in [3.05, 3.63) is 65.0 Å². The molecule has 4 heteroatoms. The highest BCUT2D eigenvalue weighted by Gasteiger charge is 2.11. The number of hydrogen-bond donors (Lipinski definition) is 1. The summed E-state index contributed by atoms with van der Waals surface area (Å²) in [5.41, 5.74) is 5.41. The minimum Gasteiger partial charge on any atom is -0.352 e. The van der Waals surface area contributed by atoms with Crippen molar-refractivity contribution in [1.29, 1.82) is 0 Å². The molecule has 1 heterocycles.